The average Bonchev–Trinajstić information content (AvgIpc) is 2.38. The van der Waals surface area contributed by atoms with Crippen LogP contribution in [0.15, 0.2) is 29.8 Å². The minimum atomic E-state index is -0.183. The lowest BCUT2D eigenvalue weighted by Gasteiger charge is -2.26. The summed E-state index contributed by atoms with van der Waals surface area (Å²) in [7, 11) is 0. The molecule has 0 saturated carbocycles. The number of carbonyl (C=O) groups excluding carboxylic acids is 1. The molecule has 2 rings (SSSR count). The predicted octanol–water partition coefficient (Wildman–Crippen LogP) is 3.68. The molecule has 1 aromatic carbocycles. The summed E-state index contributed by atoms with van der Waals surface area (Å²) in [5, 5.41) is 2.82. The third-order valence-electron chi connectivity index (χ3n) is 3.14. The Morgan fingerprint density at radius 2 is 2.00 bits per heavy atom. The maximum absolute atomic E-state index is 12.1. The summed E-state index contributed by atoms with van der Waals surface area (Å²) in [4.78, 5) is 12.1. The number of hydrogen-bond acceptors (Lipinski definition) is 2. The molecule has 0 spiro atoms. The second-order valence-electron chi connectivity index (χ2n) is 4.51. The number of nitrogens with one attached hydrogen (secondary N) is 1. The molecule has 1 N–H and O–H groups in total. The van der Waals surface area contributed by atoms with Gasteiger partial charge in [0.2, 0.25) is 0 Å². The van der Waals surface area contributed by atoms with Crippen molar-refractivity contribution in [2.75, 3.05) is 13.1 Å². The van der Waals surface area contributed by atoms with E-state index < -0.39 is 0 Å². The minimum absolute atomic E-state index is 0.183. The van der Waals surface area contributed by atoms with Crippen LogP contribution in [0.4, 0.5) is 0 Å². The van der Waals surface area contributed by atoms with Gasteiger partial charge in [-0.3, -0.25) is 10.2 Å². The topological polar surface area (TPSA) is 32.3 Å². The van der Waals surface area contributed by atoms with Crippen molar-refractivity contribution in [3.8, 4) is 0 Å². The molecular weight excluding hydrogens is 283 g/mol. The third-order valence-corrected chi connectivity index (χ3v) is 3.58. The molecule has 0 fully saturated rings. The largest absolute Gasteiger partial charge is 0.284 e. The third kappa shape index (κ3) is 3.96. The molecule has 0 bridgehead atoms. The Bertz CT molecular complexity index is 494. The first-order valence-electron chi connectivity index (χ1n) is 6.28. The summed E-state index contributed by atoms with van der Waals surface area (Å²) in [6.07, 6.45) is 4.23. The molecule has 1 amide bonds. The smallest absolute Gasteiger partial charge is 0.265 e. The van der Waals surface area contributed by atoms with Crippen molar-refractivity contribution in [3.05, 3.63) is 45.5 Å². The van der Waals surface area contributed by atoms with E-state index in [-0.39, 0.29) is 5.91 Å². The lowest BCUT2D eigenvalue weighted by molar-refractivity contribution is 0.0801. The van der Waals surface area contributed by atoms with Crippen LogP contribution in [0, 0.1) is 0 Å². The van der Waals surface area contributed by atoms with E-state index in [4.69, 9.17) is 23.2 Å². The summed E-state index contributed by atoms with van der Waals surface area (Å²) in [6, 6.07) is 4.83. The molecule has 0 atom stereocenters. The molecule has 102 valence electrons. The Morgan fingerprint density at radius 1 is 1.32 bits per heavy atom. The number of nitrogens with zero attached hydrogens (tertiary/aromatic N) is 1. The molecule has 19 heavy (non-hydrogen) atoms. The Morgan fingerprint density at radius 3 is 2.53 bits per heavy atom. The van der Waals surface area contributed by atoms with Gasteiger partial charge in [0.25, 0.3) is 5.91 Å². The van der Waals surface area contributed by atoms with E-state index in [0.29, 0.717) is 15.6 Å². The van der Waals surface area contributed by atoms with Crippen molar-refractivity contribution in [1.29, 1.82) is 0 Å². The quantitative estimate of drug-likeness (QED) is 0.864. The molecule has 0 aromatic heterocycles. The summed E-state index contributed by atoms with van der Waals surface area (Å²) in [5.41, 5.74) is 4.78. The number of hydrogen-bond donors (Lipinski definition) is 1. The zero-order chi connectivity index (χ0) is 13.8. The van der Waals surface area contributed by atoms with E-state index in [1.54, 1.807) is 18.2 Å². The molecule has 1 aliphatic heterocycles. The summed E-state index contributed by atoms with van der Waals surface area (Å²) < 4.78 is 0. The molecule has 1 aliphatic rings. The Labute approximate surface area is 123 Å². The van der Waals surface area contributed by atoms with Gasteiger partial charge in [-0.15, -0.1) is 0 Å². The number of carbonyl (C=O) groups is 1. The van der Waals surface area contributed by atoms with Gasteiger partial charge in [0.15, 0.2) is 0 Å². The highest BCUT2D eigenvalue weighted by molar-refractivity contribution is 6.35. The first-order valence-corrected chi connectivity index (χ1v) is 7.04. The SMILES string of the molecule is CCC1=CCN(NC(=O)c2cc(Cl)cc(Cl)c2)CC1. The fraction of sp³-hybridized carbons (Fsp3) is 0.357. The number of hydrazine groups is 1. The van der Waals surface area contributed by atoms with Crippen LogP contribution in [0.3, 0.4) is 0 Å². The number of benzene rings is 1. The van der Waals surface area contributed by atoms with Crippen molar-refractivity contribution in [2.24, 2.45) is 0 Å². The molecule has 0 radical (unpaired) electrons. The summed E-state index contributed by atoms with van der Waals surface area (Å²) in [6.45, 7) is 3.72. The highest BCUT2D eigenvalue weighted by Gasteiger charge is 2.15. The van der Waals surface area contributed by atoms with Crippen molar-refractivity contribution in [1.82, 2.24) is 10.4 Å². The predicted molar refractivity (Wildman–Crippen MR) is 78.5 cm³/mol. The molecular formula is C14H16Cl2N2O. The fourth-order valence-electron chi connectivity index (χ4n) is 2.03. The minimum Gasteiger partial charge on any atom is -0.284 e. The Balaban J connectivity index is 2.00. The molecule has 5 heteroatoms. The highest BCUT2D eigenvalue weighted by Crippen LogP contribution is 2.19. The highest BCUT2D eigenvalue weighted by atomic mass is 35.5. The number of halogens is 2. The van der Waals surface area contributed by atoms with Gasteiger partial charge in [0.1, 0.15) is 0 Å². The first kappa shape index (κ1) is 14.4. The van der Waals surface area contributed by atoms with Crippen LogP contribution in [-0.4, -0.2) is 24.0 Å². The zero-order valence-electron chi connectivity index (χ0n) is 10.7. The van der Waals surface area contributed by atoms with E-state index in [0.717, 1.165) is 25.9 Å². The second-order valence-corrected chi connectivity index (χ2v) is 5.38. The van der Waals surface area contributed by atoms with Crippen molar-refractivity contribution < 1.29 is 4.79 Å². The number of rotatable bonds is 3. The molecule has 0 saturated heterocycles. The van der Waals surface area contributed by atoms with Crippen molar-refractivity contribution in [3.63, 3.8) is 0 Å². The molecule has 1 heterocycles. The number of amides is 1. The maximum atomic E-state index is 12.1. The van der Waals surface area contributed by atoms with E-state index in [1.165, 1.54) is 5.57 Å². The van der Waals surface area contributed by atoms with E-state index in [9.17, 15) is 4.79 Å². The summed E-state index contributed by atoms with van der Waals surface area (Å²) in [5.74, 6) is -0.183. The van der Waals surface area contributed by atoms with Gasteiger partial charge in [-0.25, -0.2) is 5.01 Å². The van der Waals surface area contributed by atoms with Gasteiger partial charge in [0.05, 0.1) is 0 Å². The first-order chi connectivity index (χ1) is 9.08. The standard InChI is InChI=1S/C14H16Cl2N2O/c1-2-10-3-5-18(6-4-10)17-14(19)11-7-12(15)9-13(16)8-11/h3,7-9H,2,4-6H2,1H3,(H,17,19). The second kappa shape index (κ2) is 6.42. The monoisotopic (exact) mass is 298 g/mol. The van der Waals surface area contributed by atoms with Gasteiger partial charge >= 0.3 is 0 Å². The van der Waals surface area contributed by atoms with Gasteiger partial charge in [0, 0.05) is 28.7 Å². The molecule has 3 nitrogen and oxygen atoms in total. The van der Waals surface area contributed by atoms with Crippen LogP contribution in [0.2, 0.25) is 10.0 Å². The maximum Gasteiger partial charge on any atom is 0.265 e. The van der Waals surface area contributed by atoms with Gasteiger partial charge < -0.3 is 0 Å². The van der Waals surface area contributed by atoms with Crippen molar-refractivity contribution in [2.45, 2.75) is 19.8 Å². The van der Waals surface area contributed by atoms with Crippen LogP contribution < -0.4 is 5.43 Å². The molecule has 0 unspecified atom stereocenters. The fourth-order valence-corrected chi connectivity index (χ4v) is 2.55. The van der Waals surface area contributed by atoms with Gasteiger partial charge in [-0.1, -0.05) is 41.8 Å². The lowest BCUT2D eigenvalue weighted by Crippen LogP contribution is -2.44. The van der Waals surface area contributed by atoms with Crippen LogP contribution in [0.25, 0.3) is 0 Å². The molecule has 0 aliphatic carbocycles. The Hall–Kier alpha value is -1.03. The Kier molecular flexibility index (Phi) is 4.86. The van der Waals surface area contributed by atoms with Crippen LogP contribution in [0.1, 0.15) is 30.1 Å². The van der Waals surface area contributed by atoms with Crippen LogP contribution in [0.5, 0.6) is 0 Å². The summed E-state index contributed by atoms with van der Waals surface area (Å²) >= 11 is 11.8. The lowest BCUT2D eigenvalue weighted by atomic mass is 10.1. The van der Waals surface area contributed by atoms with Crippen LogP contribution in [-0.2, 0) is 0 Å². The molecule has 1 aromatic rings. The normalized spacial score (nSPS) is 16.1. The zero-order valence-corrected chi connectivity index (χ0v) is 12.3. The van der Waals surface area contributed by atoms with E-state index in [2.05, 4.69) is 18.4 Å². The van der Waals surface area contributed by atoms with E-state index >= 15 is 0 Å². The van der Waals surface area contributed by atoms with E-state index in [1.807, 2.05) is 5.01 Å². The van der Waals surface area contributed by atoms with Crippen molar-refractivity contribution >= 4 is 29.1 Å². The van der Waals surface area contributed by atoms with Gasteiger partial charge in [-0.05, 0) is 31.0 Å². The van der Waals surface area contributed by atoms with Gasteiger partial charge in [-0.2, -0.15) is 0 Å². The van der Waals surface area contributed by atoms with Crippen LogP contribution >= 0.6 is 23.2 Å². The average molecular weight is 299 g/mol.